The number of carbonyl (C=O) groups excluding carboxylic acids is 2. The Labute approximate surface area is 206 Å². The maximum Gasteiger partial charge on any atom is 0.264 e. The lowest BCUT2D eigenvalue weighted by Crippen LogP contribution is -2.39. The summed E-state index contributed by atoms with van der Waals surface area (Å²) in [5.74, 6) is 0.0235. The number of thiophene rings is 1. The number of anilines is 1. The van der Waals surface area contributed by atoms with Gasteiger partial charge in [0.15, 0.2) is 0 Å². The number of aromatic nitrogens is 2. The Balaban J connectivity index is 1.43. The number of aryl methyl sites for hydroxylation is 1. The maximum atomic E-state index is 13.1. The number of imidazole rings is 1. The summed E-state index contributed by atoms with van der Waals surface area (Å²) in [4.78, 5) is 33.1. The summed E-state index contributed by atoms with van der Waals surface area (Å²) in [5.41, 5.74) is 3.58. The van der Waals surface area contributed by atoms with Crippen LogP contribution in [0.3, 0.4) is 0 Å². The number of hydrogen-bond acceptors (Lipinski definition) is 4. The first kappa shape index (κ1) is 22.4. The summed E-state index contributed by atoms with van der Waals surface area (Å²) in [6.07, 6.45) is 3.73. The molecule has 1 fully saturated rings. The van der Waals surface area contributed by atoms with Crippen LogP contribution in [0.25, 0.3) is 16.9 Å². The van der Waals surface area contributed by atoms with Gasteiger partial charge in [-0.1, -0.05) is 41.9 Å². The minimum atomic E-state index is -0.279. The van der Waals surface area contributed by atoms with Gasteiger partial charge in [-0.3, -0.25) is 19.5 Å². The van der Waals surface area contributed by atoms with E-state index < -0.39 is 0 Å². The first-order valence-electron chi connectivity index (χ1n) is 11.0. The average Bonchev–Trinajstić information content (AvgIpc) is 3.34. The van der Waals surface area contributed by atoms with Crippen LogP contribution in [0, 0.1) is 6.92 Å². The van der Waals surface area contributed by atoms with Gasteiger partial charge in [0.2, 0.25) is 11.9 Å². The second-order valence-corrected chi connectivity index (χ2v) is 9.74. The van der Waals surface area contributed by atoms with Crippen molar-refractivity contribution in [3.8, 4) is 16.9 Å². The molecular formula is C26H23ClN4O2S. The van der Waals surface area contributed by atoms with Crippen LogP contribution in [-0.2, 0) is 4.79 Å². The van der Waals surface area contributed by atoms with Crippen molar-refractivity contribution >= 4 is 40.7 Å². The van der Waals surface area contributed by atoms with Crippen molar-refractivity contribution < 1.29 is 9.59 Å². The fourth-order valence-corrected chi connectivity index (χ4v) is 4.62. The van der Waals surface area contributed by atoms with E-state index in [0.29, 0.717) is 21.5 Å². The van der Waals surface area contributed by atoms with Gasteiger partial charge in [0.05, 0.1) is 10.6 Å². The molecule has 4 aromatic rings. The highest BCUT2D eigenvalue weighted by Crippen LogP contribution is 2.30. The fraction of sp³-hybridized carbons (Fsp3) is 0.192. The summed E-state index contributed by atoms with van der Waals surface area (Å²) in [6.45, 7) is 2.00. The summed E-state index contributed by atoms with van der Waals surface area (Å²) < 4.78 is 1.86. The predicted molar refractivity (Wildman–Crippen MR) is 136 cm³/mol. The highest BCUT2D eigenvalue weighted by molar-refractivity contribution is 7.12. The van der Waals surface area contributed by atoms with Gasteiger partial charge >= 0.3 is 0 Å². The number of nitrogens with zero attached hydrogens (tertiary/aromatic N) is 3. The van der Waals surface area contributed by atoms with Crippen LogP contribution in [0.15, 0.2) is 72.2 Å². The Kier molecular flexibility index (Phi) is 6.22. The lowest BCUT2D eigenvalue weighted by Gasteiger charge is -2.21. The molecule has 34 heavy (non-hydrogen) atoms. The van der Waals surface area contributed by atoms with Gasteiger partial charge in [-0.05, 0) is 61.0 Å². The van der Waals surface area contributed by atoms with Gasteiger partial charge < -0.3 is 4.90 Å². The van der Waals surface area contributed by atoms with E-state index in [1.165, 1.54) is 11.3 Å². The molecule has 0 radical (unpaired) electrons. The molecule has 2 aromatic carbocycles. The van der Waals surface area contributed by atoms with Gasteiger partial charge in [-0.15, -0.1) is 11.3 Å². The van der Waals surface area contributed by atoms with Crippen molar-refractivity contribution in [3.63, 3.8) is 0 Å². The van der Waals surface area contributed by atoms with Crippen molar-refractivity contribution in [1.29, 1.82) is 0 Å². The van der Waals surface area contributed by atoms with E-state index >= 15 is 0 Å². The van der Waals surface area contributed by atoms with Gasteiger partial charge in [-0.25, -0.2) is 4.98 Å². The van der Waals surface area contributed by atoms with E-state index in [0.717, 1.165) is 29.7 Å². The highest BCUT2D eigenvalue weighted by atomic mass is 35.5. The lowest BCUT2D eigenvalue weighted by molar-refractivity contribution is -0.117. The molecule has 0 spiro atoms. The van der Waals surface area contributed by atoms with E-state index in [1.807, 2.05) is 77.7 Å². The first-order chi connectivity index (χ1) is 16.5. The Morgan fingerprint density at radius 2 is 1.94 bits per heavy atom. The van der Waals surface area contributed by atoms with Crippen LogP contribution in [0.4, 0.5) is 5.95 Å². The van der Waals surface area contributed by atoms with Crippen LogP contribution in [-0.4, -0.2) is 38.9 Å². The number of halogens is 1. The molecule has 0 atom stereocenters. The minimum Gasteiger partial charge on any atom is -0.326 e. The fourth-order valence-electron chi connectivity index (χ4n) is 3.82. The Hall–Kier alpha value is -3.42. The Morgan fingerprint density at radius 3 is 2.62 bits per heavy atom. The van der Waals surface area contributed by atoms with Gasteiger partial charge in [-0.2, -0.15) is 0 Å². The van der Waals surface area contributed by atoms with E-state index in [9.17, 15) is 9.59 Å². The zero-order chi connectivity index (χ0) is 23.7. The molecule has 0 unspecified atom stereocenters. The number of hydrogen-bond donors (Lipinski definition) is 1. The third kappa shape index (κ3) is 4.90. The number of rotatable bonds is 7. The molecule has 1 aliphatic rings. The second-order valence-electron chi connectivity index (χ2n) is 8.36. The average molecular weight is 491 g/mol. The molecule has 1 aliphatic carbocycles. The standard InChI is InChI=1S/C26H23ClN4O2S/c1-17-4-2-5-21(14-17)31-15-22(18-7-9-19(27)10-8-18)28-26(31)29-24(32)16-30(20-11-12-20)25(33)23-6-3-13-34-23/h2-10,13-15,20H,11-12,16H2,1H3,(H,28,29,32). The number of nitrogens with one attached hydrogen (secondary N) is 1. The molecule has 0 saturated heterocycles. The second kappa shape index (κ2) is 9.44. The molecule has 2 heterocycles. The molecule has 2 aromatic heterocycles. The highest BCUT2D eigenvalue weighted by Gasteiger charge is 2.35. The van der Waals surface area contributed by atoms with Crippen molar-refractivity contribution in [3.05, 3.63) is 87.7 Å². The van der Waals surface area contributed by atoms with Crippen molar-refractivity contribution in [2.24, 2.45) is 0 Å². The van der Waals surface area contributed by atoms with E-state index in [-0.39, 0.29) is 24.4 Å². The SMILES string of the molecule is Cc1cccc(-n2cc(-c3ccc(Cl)cc3)nc2NC(=O)CN(C(=O)c2cccs2)C2CC2)c1. The lowest BCUT2D eigenvalue weighted by atomic mass is 10.2. The minimum absolute atomic E-state index is 0.0155. The normalized spacial score (nSPS) is 13.0. The maximum absolute atomic E-state index is 13.1. The third-order valence-corrected chi connectivity index (χ3v) is 6.78. The molecule has 1 saturated carbocycles. The van der Waals surface area contributed by atoms with E-state index in [2.05, 4.69) is 5.32 Å². The molecule has 2 amide bonds. The molecule has 1 N–H and O–H groups in total. The van der Waals surface area contributed by atoms with Crippen molar-refractivity contribution in [2.75, 3.05) is 11.9 Å². The Bertz CT molecular complexity index is 1330. The molecule has 172 valence electrons. The van der Waals surface area contributed by atoms with E-state index in [4.69, 9.17) is 16.6 Å². The smallest absolute Gasteiger partial charge is 0.264 e. The largest absolute Gasteiger partial charge is 0.326 e. The zero-order valence-electron chi connectivity index (χ0n) is 18.6. The van der Waals surface area contributed by atoms with Crippen LogP contribution >= 0.6 is 22.9 Å². The van der Waals surface area contributed by atoms with Crippen LogP contribution < -0.4 is 5.32 Å². The van der Waals surface area contributed by atoms with Gasteiger partial charge in [0, 0.05) is 28.5 Å². The summed E-state index contributed by atoms with van der Waals surface area (Å²) in [7, 11) is 0. The molecule has 5 rings (SSSR count). The monoisotopic (exact) mass is 490 g/mol. The zero-order valence-corrected chi connectivity index (χ0v) is 20.1. The summed E-state index contributed by atoms with van der Waals surface area (Å²) in [5, 5.41) is 5.45. The van der Waals surface area contributed by atoms with E-state index in [1.54, 1.807) is 11.0 Å². The van der Waals surface area contributed by atoms with Crippen LogP contribution in [0.5, 0.6) is 0 Å². The topological polar surface area (TPSA) is 67.2 Å². The number of carbonyl (C=O) groups is 2. The quantitative estimate of drug-likeness (QED) is 0.355. The first-order valence-corrected chi connectivity index (χ1v) is 12.3. The summed E-state index contributed by atoms with van der Waals surface area (Å²) >= 11 is 7.44. The summed E-state index contributed by atoms with van der Waals surface area (Å²) in [6, 6.07) is 19.1. The molecule has 6 nitrogen and oxygen atoms in total. The number of amides is 2. The van der Waals surface area contributed by atoms with Crippen LogP contribution in [0.2, 0.25) is 5.02 Å². The van der Waals surface area contributed by atoms with Gasteiger partial charge in [0.1, 0.15) is 6.54 Å². The molecular weight excluding hydrogens is 468 g/mol. The Morgan fingerprint density at radius 1 is 1.15 bits per heavy atom. The molecule has 0 aliphatic heterocycles. The predicted octanol–water partition coefficient (Wildman–Crippen LogP) is 5.81. The van der Waals surface area contributed by atoms with Gasteiger partial charge in [0.25, 0.3) is 5.91 Å². The third-order valence-electron chi connectivity index (χ3n) is 5.67. The molecule has 0 bridgehead atoms. The van der Waals surface area contributed by atoms with Crippen LogP contribution in [0.1, 0.15) is 28.1 Å². The van der Waals surface area contributed by atoms with Crippen molar-refractivity contribution in [1.82, 2.24) is 14.5 Å². The molecule has 8 heteroatoms. The number of benzene rings is 2. The van der Waals surface area contributed by atoms with Crippen molar-refractivity contribution in [2.45, 2.75) is 25.8 Å².